The molecule has 94 valence electrons. The van der Waals surface area contributed by atoms with Crippen LogP contribution in [0.5, 0.6) is 5.75 Å². The number of nitrogens with two attached hydrogens (primary N) is 1. The van der Waals surface area contributed by atoms with Crippen LogP contribution in [0.1, 0.15) is 16.8 Å². The van der Waals surface area contributed by atoms with Gasteiger partial charge in [0, 0.05) is 16.8 Å². The predicted octanol–water partition coefficient (Wildman–Crippen LogP) is 3.26. The van der Waals surface area contributed by atoms with Crippen molar-refractivity contribution in [3.8, 4) is 16.9 Å². The largest absolute Gasteiger partial charge is 0.496 e. The third-order valence-electron chi connectivity index (χ3n) is 3.28. The number of methoxy groups -OCH3 is 1. The van der Waals surface area contributed by atoms with E-state index in [4.69, 9.17) is 10.5 Å². The van der Waals surface area contributed by atoms with Gasteiger partial charge in [-0.25, -0.2) is 4.98 Å². The van der Waals surface area contributed by atoms with Crippen molar-refractivity contribution in [2.45, 2.75) is 20.8 Å². The van der Waals surface area contributed by atoms with E-state index in [2.05, 4.69) is 31.0 Å². The summed E-state index contributed by atoms with van der Waals surface area (Å²) in [6.07, 6.45) is 0. The highest BCUT2D eigenvalue weighted by Crippen LogP contribution is 2.35. The number of anilines is 1. The first-order chi connectivity index (χ1) is 8.54. The summed E-state index contributed by atoms with van der Waals surface area (Å²) < 4.78 is 5.54. The quantitative estimate of drug-likeness (QED) is 0.879. The molecular weight excluding hydrogens is 224 g/mol. The van der Waals surface area contributed by atoms with Gasteiger partial charge in [0.05, 0.1) is 7.11 Å². The number of nitrogen functional groups attached to an aromatic ring is 1. The Balaban J connectivity index is 2.67. The van der Waals surface area contributed by atoms with Crippen LogP contribution in [0.2, 0.25) is 0 Å². The van der Waals surface area contributed by atoms with Crippen molar-refractivity contribution in [1.82, 2.24) is 4.98 Å². The molecule has 0 aliphatic heterocycles. The Morgan fingerprint density at radius 1 is 1.00 bits per heavy atom. The summed E-state index contributed by atoms with van der Waals surface area (Å²) in [7, 11) is 1.70. The first-order valence-electron chi connectivity index (χ1n) is 5.92. The fraction of sp³-hybridized carbons (Fsp3) is 0.267. The summed E-state index contributed by atoms with van der Waals surface area (Å²) in [6.45, 7) is 6.10. The number of hydrogen-bond acceptors (Lipinski definition) is 3. The van der Waals surface area contributed by atoms with Crippen LogP contribution in [0.25, 0.3) is 11.1 Å². The van der Waals surface area contributed by atoms with Crippen molar-refractivity contribution >= 4 is 5.82 Å². The first-order valence-corrected chi connectivity index (χ1v) is 5.92. The molecule has 0 fully saturated rings. The topological polar surface area (TPSA) is 48.1 Å². The van der Waals surface area contributed by atoms with E-state index in [1.807, 2.05) is 19.1 Å². The molecule has 1 heterocycles. The molecule has 0 bridgehead atoms. The van der Waals surface area contributed by atoms with Crippen LogP contribution < -0.4 is 10.5 Å². The summed E-state index contributed by atoms with van der Waals surface area (Å²) in [5.74, 6) is 1.45. The lowest BCUT2D eigenvalue weighted by Crippen LogP contribution is -1.98. The molecule has 2 aromatic rings. The molecule has 18 heavy (non-hydrogen) atoms. The molecule has 0 unspecified atom stereocenters. The Morgan fingerprint density at radius 3 is 2.28 bits per heavy atom. The second-order valence-corrected chi connectivity index (χ2v) is 4.46. The molecule has 2 N–H and O–H groups in total. The van der Waals surface area contributed by atoms with Crippen LogP contribution in [-0.4, -0.2) is 12.1 Å². The molecule has 0 amide bonds. The molecule has 0 saturated heterocycles. The van der Waals surface area contributed by atoms with Crippen molar-refractivity contribution in [1.29, 1.82) is 0 Å². The highest BCUT2D eigenvalue weighted by Gasteiger charge is 2.12. The molecule has 1 aromatic carbocycles. The second kappa shape index (κ2) is 4.69. The van der Waals surface area contributed by atoms with Gasteiger partial charge in [0.2, 0.25) is 0 Å². The number of hydrogen-bond donors (Lipinski definition) is 1. The van der Waals surface area contributed by atoms with Crippen molar-refractivity contribution < 1.29 is 4.74 Å². The molecule has 1 aromatic heterocycles. The highest BCUT2D eigenvalue weighted by molar-refractivity contribution is 5.75. The smallest absolute Gasteiger partial charge is 0.129 e. The molecular formula is C15H18N2O. The zero-order chi connectivity index (χ0) is 13.3. The van der Waals surface area contributed by atoms with Gasteiger partial charge in [-0.3, -0.25) is 0 Å². The van der Waals surface area contributed by atoms with Gasteiger partial charge in [0.1, 0.15) is 11.6 Å². The molecule has 3 heteroatoms. The average molecular weight is 242 g/mol. The molecule has 0 aliphatic rings. The molecule has 0 radical (unpaired) electrons. The lowest BCUT2D eigenvalue weighted by atomic mass is 9.98. The summed E-state index contributed by atoms with van der Waals surface area (Å²) in [5.41, 5.74) is 11.1. The van der Waals surface area contributed by atoms with E-state index >= 15 is 0 Å². The Bertz CT molecular complexity index is 591. The molecule has 0 aliphatic carbocycles. The van der Waals surface area contributed by atoms with Crippen LogP contribution in [0.15, 0.2) is 24.3 Å². The van der Waals surface area contributed by atoms with E-state index < -0.39 is 0 Å². The van der Waals surface area contributed by atoms with E-state index in [-0.39, 0.29) is 0 Å². The maximum atomic E-state index is 5.69. The lowest BCUT2D eigenvalue weighted by molar-refractivity contribution is 0.413. The number of pyridine rings is 1. The molecule has 2 rings (SSSR count). The minimum absolute atomic E-state index is 0.541. The zero-order valence-corrected chi connectivity index (χ0v) is 11.2. The van der Waals surface area contributed by atoms with Gasteiger partial charge in [-0.2, -0.15) is 0 Å². The highest BCUT2D eigenvalue weighted by atomic mass is 16.5. The normalized spacial score (nSPS) is 10.4. The fourth-order valence-corrected chi connectivity index (χ4v) is 2.13. The lowest BCUT2D eigenvalue weighted by Gasteiger charge is -2.15. The van der Waals surface area contributed by atoms with Crippen LogP contribution in [0.4, 0.5) is 5.82 Å². The van der Waals surface area contributed by atoms with Crippen molar-refractivity contribution in [3.63, 3.8) is 0 Å². The van der Waals surface area contributed by atoms with Crippen LogP contribution in [0, 0.1) is 20.8 Å². The van der Waals surface area contributed by atoms with E-state index in [0.717, 1.165) is 28.1 Å². The third-order valence-corrected chi connectivity index (χ3v) is 3.28. The first kappa shape index (κ1) is 12.4. The summed E-state index contributed by atoms with van der Waals surface area (Å²) in [5, 5.41) is 0. The van der Waals surface area contributed by atoms with Gasteiger partial charge in [-0.15, -0.1) is 0 Å². The maximum Gasteiger partial charge on any atom is 0.129 e. The summed E-state index contributed by atoms with van der Waals surface area (Å²) >= 11 is 0. The Kier molecular flexibility index (Phi) is 3.24. The van der Waals surface area contributed by atoms with E-state index in [0.29, 0.717) is 5.82 Å². The van der Waals surface area contributed by atoms with Crippen LogP contribution in [-0.2, 0) is 0 Å². The minimum Gasteiger partial charge on any atom is -0.496 e. The Hall–Kier alpha value is -2.03. The third kappa shape index (κ3) is 2.04. The van der Waals surface area contributed by atoms with Crippen molar-refractivity contribution in [2.24, 2.45) is 0 Å². The Labute approximate surface area is 108 Å². The summed E-state index contributed by atoms with van der Waals surface area (Å²) in [4.78, 5) is 4.30. The van der Waals surface area contributed by atoms with E-state index in [1.54, 1.807) is 7.11 Å². The molecule has 0 atom stereocenters. The van der Waals surface area contributed by atoms with Crippen LogP contribution in [0.3, 0.4) is 0 Å². The monoisotopic (exact) mass is 242 g/mol. The predicted molar refractivity (Wildman–Crippen MR) is 74.8 cm³/mol. The molecule has 0 spiro atoms. The number of benzene rings is 1. The SMILES string of the molecule is COc1c(-c2ccc(N)nc2C)ccc(C)c1C. The molecule has 0 saturated carbocycles. The van der Waals surface area contributed by atoms with E-state index in [1.165, 1.54) is 5.56 Å². The number of rotatable bonds is 2. The Morgan fingerprint density at radius 2 is 1.67 bits per heavy atom. The van der Waals surface area contributed by atoms with Crippen molar-refractivity contribution in [3.05, 3.63) is 41.1 Å². The van der Waals surface area contributed by atoms with Gasteiger partial charge in [-0.05, 0) is 44.0 Å². The van der Waals surface area contributed by atoms with Gasteiger partial charge >= 0.3 is 0 Å². The van der Waals surface area contributed by atoms with E-state index in [9.17, 15) is 0 Å². The molecule has 3 nitrogen and oxygen atoms in total. The second-order valence-electron chi connectivity index (χ2n) is 4.46. The van der Waals surface area contributed by atoms with Gasteiger partial charge in [0.25, 0.3) is 0 Å². The maximum absolute atomic E-state index is 5.69. The van der Waals surface area contributed by atoms with Crippen LogP contribution >= 0.6 is 0 Å². The zero-order valence-electron chi connectivity index (χ0n) is 11.2. The van der Waals surface area contributed by atoms with Gasteiger partial charge < -0.3 is 10.5 Å². The standard InChI is InChI=1S/C15H18N2O/c1-9-5-6-13(15(18-4)10(9)2)12-7-8-14(16)17-11(12)3/h5-8H,1-4H3,(H2,16,17). The average Bonchev–Trinajstić information content (AvgIpc) is 2.33. The summed E-state index contributed by atoms with van der Waals surface area (Å²) in [6, 6.07) is 7.98. The number of aryl methyl sites for hydroxylation is 2. The van der Waals surface area contributed by atoms with Gasteiger partial charge in [-0.1, -0.05) is 12.1 Å². The van der Waals surface area contributed by atoms with Gasteiger partial charge in [0.15, 0.2) is 0 Å². The minimum atomic E-state index is 0.541. The number of ether oxygens (including phenoxy) is 1. The number of nitrogens with zero attached hydrogens (tertiary/aromatic N) is 1. The fourth-order valence-electron chi connectivity index (χ4n) is 2.13. The van der Waals surface area contributed by atoms with Crippen molar-refractivity contribution in [2.75, 3.05) is 12.8 Å². The number of aromatic nitrogens is 1.